The minimum Gasteiger partial charge on any atom is -0.436 e. The maximum atomic E-state index is 11.5. The average molecular weight is 357 g/mol. The van der Waals surface area contributed by atoms with Crippen molar-refractivity contribution in [1.82, 2.24) is 0 Å². The van der Waals surface area contributed by atoms with Gasteiger partial charge < -0.3 is 9.84 Å². The van der Waals surface area contributed by atoms with Crippen LogP contribution in [0.4, 0.5) is 0 Å². The van der Waals surface area contributed by atoms with Gasteiger partial charge in [0.05, 0.1) is 0 Å². The van der Waals surface area contributed by atoms with Crippen LogP contribution in [0, 0.1) is 5.92 Å². The molecule has 3 nitrogen and oxygen atoms in total. The molecular weight excluding hydrogens is 312 g/mol. The number of rotatable bonds is 18. The summed E-state index contributed by atoms with van der Waals surface area (Å²) in [6.07, 6.45) is 19.3. The van der Waals surface area contributed by atoms with E-state index in [1.807, 2.05) is 13.8 Å². The van der Waals surface area contributed by atoms with Gasteiger partial charge in [-0.3, -0.25) is 4.79 Å². The molecule has 0 aromatic carbocycles. The summed E-state index contributed by atoms with van der Waals surface area (Å²) in [5, 5.41) is 9.48. The van der Waals surface area contributed by atoms with E-state index in [4.69, 9.17) is 4.74 Å². The molecule has 0 aromatic heterocycles. The zero-order chi connectivity index (χ0) is 18.8. The standard InChI is InChI=1S/C22H44O3/c1-4-5-6-7-8-9-10-11-12-13-14-15-16-17-18-19-21(23)25-22(24)20(2)3/h20,22,24H,4-19H2,1-3H3. The van der Waals surface area contributed by atoms with Crippen LogP contribution >= 0.6 is 0 Å². The van der Waals surface area contributed by atoms with Gasteiger partial charge in [-0.2, -0.15) is 0 Å². The molecule has 1 unspecified atom stereocenters. The number of unbranched alkanes of at least 4 members (excludes halogenated alkanes) is 14. The second kappa shape index (κ2) is 18.2. The summed E-state index contributed by atoms with van der Waals surface area (Å²) in [4.78, 5) is 11.5. The van der Waals surface area contributed by atoms with Crippen molar-refractivity contribution in [1.29, 1.82) is 0 Å². The Morgan fingerprint density at radius 3 is 1.44 bits per heavy atom. The SMILES string of the molecule is CCCCCCCCCCCCCCCCCC(=O)OC(O)C(C)C. The highest BCUT2D eigenvalue weighted by Crippen LogP contribution is 2.14. The molecule has 0 saturated carbocycles. The molecule has 0 aliphatic rings. The van der Waals surface area contributed by atoms with Gasteiger partial charge in [0.25, 0.3) is 0 Å². The van der Waals surface area contributed by atoms with Crippen LogP contribution in [0.5, 0.6) is 0 Å². The van der Waals surface area contributed by atoms with E-state index in [1.165, 1.54) is 83.5 Å². The molecular formula is C22H44O3. The molecule has 3 heteroatoms. The number of esters is 1. The predicted molar refractivity (Wildman–Crippen MR) is 106 cm³/mol. The number of carbonyl (C=O) groups excluding carboxylic acids is 1. The average Bonchev–Trinajstić information content (AvgIpc) is 2.58. The summed E-state index contributed by atoms with van der Waals surface area (Å²) < 4.78 is 4.95. The van der Waals surface area contributed by atoms with Crippen molar-refractivity contribution in [3.05, 3.63) is 0 Å². The van der Waals surface area contributed by atoms with Gasteiger partial charge in [-0.1, -0.05) is 111 Å². The first kappa shape index (κ1) is 24.4. The molecule has 0 aromatic rings. The number of aliphatic hydroxyl groups excluding tert-OH is 1. The van der Waals surface area contributed by atoms with E-state index in [0.717, 1.165) is 12.8 Å². The molecule has 0 saturated heterocycles. The molecule has 1 N–H and O–H groups in total. The summed E-state index contributed by atoms with van der Waals surface area (Å²) in [6, 6.07) is 0. The third-order valence-corrected chi connectivity index (χ3v) is 4.81. The van der Waals surface area contributed by atoms with Crippen molar-refractivity contribution in [2.24, 2.45) is 5.92 Å². The molecule has 0 aliphatic carbocycles. The Hall–Kier alpha value is -0.570. The van der Waals surface area contributed by atoms with Gasteiger partial charge in [-0.25, -0.2) is 0 Å². The van der Waals surface area contributed by atoms with Crippen LogP contribution in [0.15, 0.2) is 0 Å². The Morgan fingerprint density at radius 1 is 0.720 bits per heavy atom. The fourth-order valence-electron chi connectivity index (χ4n) is 2.97. The minimum absolute atomic E-state index is 0.0370. The predicted octanol–water partition coefficient (Wildman–Crippen LogP) is 6.77. The van der Waals surface area contributed by atoms with Crippen LogP contribution < -0.4 is 0 Å². The van der Waals surface area contributed by atoms with Gasteiger partial charge in [-0.05, 0) is 6.42 Å². The van der Waals surface area contributed by atoms with Crippen molar-refractivity contribution in [3.8, 4) is 0 Å². The van der Waals surface area contributed by atoms with E-state index >= 15 is 0 Å². The van der Waals surface area contributed by atoms with Crippen LogP contribution in [0.3, 0.4) is 0 Å². The molecule has 1 atom stereocenters. The highest BCUT2D eigenvalue weighted by atomic mass is 16.6. The first-order valence-corrected chi connectivity index (χ1v) is 11.0. The third-order valence-electron chi connectivity index (χ3n) is 4.81. The fourth-order valence-corrected chi connectivity index (χ4v) is 2.97. The Kier molecular flexibility index (Phi) is 17.8. The second-order valence-electron chi connectivity index (χ2n) is 7.82. The Morgan fingerprint density at radius 2 is 1.08 bits per heavy atom. The van der Waals surface area contributed by atoms with E-state index in [2.05, 4.69) is 6.92 Å². The Bertz CT molecular complexity index is 289. The topological polar surface area (TPSA) is 46.5 Å². The van der Waals surface area contributed by atoms with E-state index in [9.17, 15) is 9.90 Å². The summed E-state index contributed by atoms with van der Waals surface area (Å²) in [7, 11) is 0. The summed E-state index contributed by atoms with van der Waals surface area (Å²) in [5.74, 6) is -0.305. The summed E-state index contributed by atoms with van der Waals surface area (Å²) >= 11 is 0. The molecule has 0 spiro atoms. The maximum Gasteiger partial charge on any atom is 0.308 e. The Balaban J connectivity index is 3.17. The molecule has 0 amide bonds. The van der Waals surface area contributed by atoms with Crippen LogP contribution in [0.2, 0.25) is 0 Å². The largest absolute Gasteiger partial charge is 0.436 e. The van der Waals surface area contributed by atoms with Crippen LogP contribution in [0.1, 0.15) is 124 Å². The molecule has 25 heavy (non-hydrogen) atoms. The Labute approximate surface area is 156 Å². The van der Waals surface area contributed by atoms with E-state index in [1.54, 1.807) is 0 Å². The lowest BCUT2D eigenvalue weighted by atomic mass is 10.0. The van der Waals surface area contributed by atoms with Gasteiger partial charge >= 0.3 is 5.97 Å². The van der Waals surface area contributed by atoms with Crippen molar-refractivity contribution < 1.29 is 14.6 Å². The fraction of sp³-hybridized carbons (Fsp3) is 0.955. The number of hydrogen-bond donors (Lipinski definition) is 1. The first-order valence-electron chi connectivity index (χ1n) is 11.0. The van der Waals surface area contributed by atoms with Gasteiger partial charge in [0.2, 0.25) is 6.29 Å². The van der Waals surface area contributed by atoms with Crippen molar-refractivity contribution in [2.75, 3.05) is 0 Å². The van der Waals surface area contributed by atoms with Gasteiger partial charge in [0, 0.05) is 12.3 Å². The highest BCUT2D eigenvalue weighted by Gasteiger charge is 2.13. The lowest BCUT2D eigenvalue weighted by Crippen LogP contribution is -2.22. The third kappa shape index (κ3) is 18.0. The minimum atomic E-state index is -0.955. The lowest BCUT2D eigenvalue weighted by molar-refractivity contribution is -0.174. The van der Waals surface area contributed by atoms with Gasteiger partial charge in [0.15, 0.2) is 0 Å². The molecule has 0 aliphatic heterocycles. The second-order valence-corrected chi connectivity index (χ2v) is 7.82. The number of carbonyl (C=O) groups is 1. The molecule has 0 radical (unpaired) electrons. The van der Waals surface area contributed by atoms with Gasteiger partial charge in [-0.15, -0.1) is 0 Å². The molecule has 150 valence electrons. The zero-order valence-electron chi connectivity index (χ0n) is 17.2. The van der Waals surface area contributed by atoms with Gasteiger partial charge in [0.1, 0.15) is 0 Å². The van der Waals surface area contributed by atoms with Crippen molar-refractivity contribution in [3.63, 3.8) is 0 Å². The molecule has 0 bridgehead atoms. The number of hydrogen-bond acceptors (Lipinski definition) is 3. The monoisotopic (exact) mass is 356 g/mol. The van der Waals surface area contributed by atoms with Crippen molar-refractivity contribution >= 4 is 5.97 Å². The number of ether oxygens (including phenoxy) is 1. The van der Waals surface area contributed by atoms with Crippen LogP contribution in [-0.2, 0) is 9.53 Å². The van der Waals surface area contributed by atoms with E-state index in [0.29, 0.717) is 6.42 Å². The lowest BCUT2D eigenvalue weighted by Gasteiger charge is -2.14. The zero-order valence-corrected chi connectivity index (χ0v) is 17.2. The number of aliphatic hydroxyl groups is 1. The summed E-state index contributed by atoms with van der Waals surface area (Å²) in [5.41, 5.74) is 0. The summed E-state index contributed by atoms with van der Waals surface area (Å²) in [6.45, 7) is 5.95. The maximum absolute atomic E-state index is 11.5. The van der Waals surface area contributed by atoms with Crippen LogP contribution in [0.25, 0.3) is 0 Å². The molecule has 0 heterocycles. The quantitative estimate of drug-likeness (QED) is 0.167. The first-order chi connectivity index (χ1) is 12.1. The molecule has 0 fully saturated rings. The highest BCUT2D eigenvalue weighted by molar-refractivity contribution is 5.69. The smallest absolute Gasteiger partial charge is 0.308 e. The normalized spacial score (nSPS) is 12.5. The van der Waals surface area contributed by atoms with Crippen LogP contribution in [-0.4, -0.2) is 17.4 Å². The molecule has 0 rings (SSSR count). The van der Waals surface area contributed by atoms with Crippen molar-refractivity contribution in [2.45, 2.75) is 130 Å². The van der Waals surface area contributed by atoms with E-state index < -0.39 is 6.29 Å². The van der Waals surface area contributed by atoms with E-state index in [-0.39, 0.29) is 11.9 Å².